The van der Waals surface area contributed by atoms with Crippen LogP contribution in [-0.2, 0) is 42.4 Å². The summed E-state index contributed by atoms with van der Waals surface area (Å²) in [6, 6.07) is 18.5. The van der Waals surface area contributed by atoms with E-state index in [1.807, 2.05) is 67.8 Å². The number of carboxylic acid groups (broad SMARTS) is 1. The summed E-state index contributed by atoms with van der Waals surface area (Å²) in [5.41, 5.74) is 3.76. The van der Waals surface area contributed by atoms with Crippen LogP contribution in [0, 0.1) is 5.92 Å². The molecular formula is C39H44N2O10S2. The minimum absolute atomic E-state index is 0.0404. The number of anilines is 2. The second-order valence-electron chi connectivity index (χ2n) is 14.9. The minimum atomic E-state index is -4.49. The van der Waals surface area contributed by atoms with Gasteiger partial charge in [-0.2, -0.15) is 16.8 Å². The molecule has 0 saturated heterocycles. The molecule has 0 aromatic heterocycles. The van der Waals surface area contributed by atoms with E-state index in [9.17, 15) is 40.9 Å². The van der Waals surface area contributed by atoms with E-state index in [0.717, 1.165) is 16.9 Å². The number of carboxylic acids is 1. The number of unbranched alkanes of at least 4 members (excludes halogenated alkanes) is 2. The fraction of sp³-hybridized carbons (Fsp3) is 0.359. The van der Waals surface area contributed by atoms with E-state index in [1.54, 1.807) is 24.3 Å². The van der Waals surface area contributed by atoms with Crippen molar-refractivity contribution in [2.75, 3.05) is 16.3 Å². The number of hydrogen-bond donors (Lipinski definition) is 5. The molecule has 3 aliphatic rings. The van der Waals surface area contributed by atoms with Crippen molar-refractivity contribution in [3.05, 3.63) is 118 Å². The molecule has 2 heterocycles. The maximum absolute atomic E-state index is 12.1. The molecule has 12 nitrogen and oxygen atoms in total. The molecule has 2 atom stereocenters. The number of aliphatic carboxylic acids is 1. The zero-order chi connectivity index (χ0) is 38.7. The number of hydrogen-bond acceptors (Lipinski definition) is 9. The Balaban J connectivity index is 1.39. The summed E-state index contributed by atoms with van der Waals surface area (Å²) in [5.74, 6) is -1.75. The van der Waals surface area contributed by atoms with Gasteiger partial charge in [0, 0.05) is 58.7 Å². The van der Waals surface area contributed by atoms with E-state index in [2.05, 4.69) is 0 Å². The van der Waals surface area contributed by atoms with Crippen LogP contribution < -0.4 is 9.80 Å². The van der Waals surface area contributed by atoms with Crippen LogP contribution in [0.4, 0.5) is 11.4 Å². The fourth-order valence-corrected chi connectivity index (χ4v) is 8.74. The third-order valence-electron chi connectivity index (χ3n) is 10.7. The second kappa shape index (κ2) is 13.7. The number of allylic oxidation sites excluding steroid dienone is 2. The molecule has 1 aliphatic carbocycles. The number of aliphatic hydroxyl groups is 2. The van der Waals surface area contributed by atoms with Crippen molar-refractivity contribution < 1.29 is 46.1 Å². The highest BCUT2D eigenvalue weighted by atomic mass is 32.2. The Morgan fingerprint density at radius 2 is 1.32 bits per heavy atom. The lowest BCUT2D eigenvalue weighted by Gasteiger charge is -2.37. The molecule has 282 valence electrons. The van der Waals surface area contributed by atoms with Gasteiger partial charge in [-0.25, -0.2) is 0 Å². The number of carbonyl (C=O) groups is 1. The number of nitrogens with zero attached hydrogens (tertiary/aromatic N) is 2. The zero-order valence-electron chi connectivity index (χ0n) is 29.9. The van der Waals surface area contributed by atoms with Crippen LogP contribution in [-0.4, -0.2) is 59.9 Å². The first-order valence-electron chi connectivity index (χ1n) is 17.3. The standard InChI is InChI=1S/C39H44N2O10S2/c1-38(2)29-19-25(52(46,47)48)14-16-31(29)40(18-10-6-9-13-35(42)43)33(38)21-27-36(44)28(37(27)45)22-34-39(3,4)30-20-26(53(49,50)51)15-17-32(30)41(34)23-24-11-7-5-8-12-24/h5,7-8,11-12,14-17,19-22,28,36,44-45H,6,9-10,13,18,23H2,1-4H3,(H,42,43)(H,46,47,48)(H,49,50,51). The monoisotopic (exact) mass is 764 g/mol. The molecule has 6 rings (SSSR count). The van der Waals surface area contributed by atoms with Gasteiger partial charge in [0.25, 0.3) is 20.2 Å². The van der Waals surface area contributed by atoms with Crippen LogP contribution in [0.1, 0.15) is 70.1 Å². The molecule has 53 heavy (non-hydrogen) atoms. The summed E-state index contributed by atoms with van der Waals surface area (Å²) in [6.07, 6.45) is 4.16. The summed E-state index contributed by atoms with van der Waals surface area (Å²) in [4.78, 5) is 14.6. The second-order valence-corrected chi connectivity index (χ2v) is 17.7. The Morgan fingerprint density at radius 3 is 1.85 bits per heavy atom. The molecule has 0 bridgehead atoms. The average Bonchev–Trinajstić information content (AvgIpc) is 3.42. The lowest BCUT2D eigenvalue weighted by atomic mass is 9.75. The topological polar surface area (TPSA) is 193 Å². The lowest BCUT2D eigenvalue weighted by molar-refractivity contribution is -0.137. The molecule has 0 amide bonds. The van der Waals surface area contributed by atoms with Gasteiger partial charge in [-0.3, -0.25) is 13.9 Å². The van der Waals surface area contributed by atoms with Crippen LogP contribution in [0.3, 0.4) is 0 Å². The van der Waals surface area contributed by atoms with Gasteiger partial charge in [0.05, 0.1) is 21.8 Å². The van der Waals surface area contributed by atoms with Crippen molar-refractivity contribution in [2.24, 2.45) is 5.92 Å². The number of aliphatic hydroxyl groups excluding tert-OH is 2. The van der Waals surface area contributed by atoms with Crippen LogP contribution in [0.2, 0.25) is 0 Å². The molecule has 0 spiro atoms. The Kier molecular flexibility index (Phi) is 9.92. The van der Waals surface area contributed by atoms with Gasteiger partial charge >= 0.3 is 5.97 Å². The van der Waals surface area contributed by atoms with Crippen LogP contribution in [0.5, 0.6) is 0 Å². The van der Waals surface area contributed by atoms with E-state index < -0.39 is 49.1 Å². The van der Waals surface area contributed by atoms with Gasteiger partial charge in [0.15, 0.2) is 0 Å². The molecule has 3 aromatic rings. The maximum Gasteiger partial charge on any atom is 0.303 e. The fourth-order valence-electron chi connectivity index (χ4n) is 7.73. The summed E-state index contributed by atoms with van der Waals surface area (Å²) >= 11 is 0. The summed E-state index contributed by atoms with van der Waals surface area (Å²) in [7, 11) is -8.97. The molecular weight excluding hydrogens is 721 g/mol. The van der Waals surface area contributed by atoms with Crippen LogP contribution >= 0.6 is 0 Å². The Bertz CT molecular complexity index is 2280. The highest BCUT2D eigenvalue weighted by Crippen LogP contribution is 2.53. The van der Waals surface area contributed by atoms with Gasteiger partial charge in [0.1, 0.15) is 5.76 Å². The first kappa shape index (κ1) is 38.3. The van der Waals surface area contributed by atoms with E-state index >= 15 is 0 Å². The van der Waals surface area contributed by atoms with Crippen LogP contribution in [0.15, 0.2) is 111 Å². The van der Waals surface area contributed by atoms with E-state index in [-0.39, 0.29) is 27.5 Å². The molecule has 0 saturated carbocycles. The summed E-state index contributed by atoms with van der Waals surface area (Å²) < 4.78 is 67.9. The van der Waals surface area contributed by atoms with Gasteiger partial charge in [-0.15, -0.1) is 0 Å². The molecule has 0 fully saturated rings. The average molecular weight is 765 g/mol. The molecule has 3 aromatic carbocycles. The Morgan fingerprint density at radius 1 is 0.774 bits per heavy atom. The Hall–Kier alpha value is -4.47. The number of fused-ring (bicyclic) bond motifs is 2. The highest BCUT2D eigenvalue weighted by Gasteiger charge is 2.47. The predicted molar refractivity (Wildman–Crippen MR) is 200 cm³/mol. The molecule has 2 aliphatic heterocycles. The first-order valence-corrected chi connectivity index (χ1v) is 20.2. The summed E-state index contributed by atoms with van der Waals surface area (Å²) in [5, 5.41) is 32.3. The van der Waals surface area contributed by atoms with Crippen molar-refractivity contribution in [3.8, 4) is 0 Å². The number of rotatable bonds is 12. The lowest BCUT2D eigenvalue weighted by Crippen LogP contribution is -2.38. The van der Waals surface area contributed by atoms with E-state index in [1.165, 1.54) is 24.3 Å². The Labute approximate surface area is 309 Å². The third kappa shape index (κ3) is 7.13. The van der Waals surface area contributed by atoms with Crippen molar-refractivity contribution in [1.29, 1.82) is 0 Å². The minimum Gasteiger partial charge on any atom is -0.511 e. The zero-order valence-corrected chi connectivity index (χ0v) is 31.5. The van der Waals surface area contributed by atoms with Crippen molar-refractivity contribution in [3.63, 3.8) is 0 Å². The highest BCUT2D eigenvalue weighted by molar-refractivity contribution is 7.86. The van der Waals surface area contributed by atoms with Crippen molar-refractivity contribution in [2.45, 2.75) is 86.6 Å². The number of benzene rings is 3. The maximum atomic E-state index is 12.1. The quantitative estimate of drug-likeness (QED) is 0.0996. The van der Waals surface area contributed by atoms with Gasteiger partial charge < -0.3 is 25.1 Å². The molecule has 2 unspecified atom stereocenters. The van der Waals surface area contributed by atoms with Gasteiger partial charge in [0.2, 0.25) is 0 Å². The summed E-state index contributed by atoms with van der Waals surface area (Å²) in [6.45, 7) is 8.48. The molecule has 14 heteroatoms. The largest absolute Gasteiger partial charge is 0.511 e. The molecule has 5 N–H and O–H groups in total. The van der Waals surface area contributed by atoms with Crippen LogP contribution in [0.25, 0.3) is 0 Å². The van der Waals surface area contributed by atoms with Gasteiger partial charge in [-0.05, 0) is 72.0 Å². The van der Waals surface area contributed by atoms with Crippen molar-refractivity contribution in [1.82, 2.24) is 0 Å². The predicted octanol–water partition coefficient (Wildman–Crippen LogP) is 6.49. The third-order valence-corrected chi connectivity index (χ3v) is 12.4. The smallest absolute Gasteiger partial charge is 0.303 e. The van der Waals surface area contributed by atoms with E-state index in [4.69, 9.17) is 5.11 Å². The first-order chi connectivity index (χ1) is 24.7. The normalized spacial score (nSPS) is 21.9. The van der Waals surface area contributed by atoms with Gasteiger partial charge in [-0.1, -0.05) is 70.5 Å². The van der Waals surface area contributed by atoms with E-state index in [0.29, 0.717) is 54.9 Å². The molecule has 0 radical (unpaired) electrons. The SMILES string of the molecule is CC1(C)C(=CC2=C(O)C(C=C3N(Cc4ccccc4)c4ccc(S(=O)(=O)O)cc4C3(C)C)C2O)N(CCCCCC(=O)O)c2ccc(S(=O)(=O)O)cc21. The van der Waals surface area contributed by atoms with Crippen molar-refractivity contribution >= 4 is 37.6 Å².